The summed E-state index contributed by atoms with van der Waals surface area (Å²) in [6, 6.07) is 3.94. The van der Waals surface area contributed by atoms with Crippen LogP contribution in [0.15, 0.2) is 18.2 Å². The molecular formula is C11H12O7S. The summed E-state index contributed by atoms with van der Waals surface area (Å²) in [7, 11) is -1.68. The largest absolute Gasteiger partial charge is 0.465 e. The van der Waals surface area contributed by atoms with Gasteiger partial charge in [-0.1, -0.05) is 6.07 Å². The highest BCUT2D eigenvalue weighted by atomic mass is 32.2. The molecule has 19 heavy (non-hydrogen) atoms. The molecule has 0 bridgehead atoms. The van der Waals surface area contributed by atoms with Crippen LogP contribution in [0.2, 0.25) is 0 Å². The van der Waals surface area contributed by atoms with Crippen LogP contribution in [0.5, 0.6) is 5.75 Å². The highest BCUT2D eigenvalue weighted by Crippen LogP contribution is 2.26. The number of ether oxygens (including phenoxy) is 2. The van der Waals surface area contributed by atoms with Crippen molar-refractivity contribution in [3.05, 3.63) is 29.3 Å². The van der Waals surface area contributed by atoms with Crippen LogP contribution in [0.1, 0.15) is 20.7 Å². The molecule has 0 fully saturated rings. The molecule has 0 aromatic heterocycles. The zero-order valence-electron chi connectivity index (χ0n) is 10.5. The Kier molecular flexibility index (Phi) is 4.49. The van der Waals surface area contributed by atoms with Gasteiger partial charge in [0.15, 0.2) is 5.75 Å². The van der Waals surface area contributed by atoms with Crippen LogP contribution >= 0.6 is 0 Å². The molecule has 0 atom stereocenters. The maximum Gasteiger partial charge on any atom is 0.341 e. The molecule has 0 aliphatic rings. The quantitative estimate of drug-likeness (QED) is 0.591. The van der Waals surface area contributed by atoms with E-state index in [0.29, 0.717) is 0 Å². The first kappa shape index (κ1) is 15.0. The lowest BCUT2D eigenvalue weighted by Crippen LogP contribution is -2.15. The maximum atomic E-state index is 11.5. The second kappa shape index (κ2) is 5.70. The molecule has 0 heterocycles. The van der Waals surface area contributed by atoms with Crippen molar-refractivity contribution in [2.45, 2.75) is 0 Å². The molecular weight excluding hydrogens is 276 g/mol. The van der Waals surface area contributed by atoms with Gasteiger partial charge in [0.2, 0.25) is 0 Å². The second-order valence-corrected chi connectivity index (χ2v) is 5.03. The molecule has 1 rings (SSSR count). The van der Waals surface area contributed by atoms with Crippen molar-refractivity contribution in [3.63, 3.8) is 0 Å². The van der Waals surface area contributed by atoms with E-state index in [1.165, 1.54) is 18.2 Å². The van der Waals surface area contributed by atoms with Crippen molar-refractivity contribution >= 4 is 22.1 Å². The van der Waals surface area contributed by atoms with Crippen LogP contribution in [0.3, 0.4) is 0 Å². The normalized spacial score (nSPS) is 10.7. The molecule has 0 saturated carbocycles. The Morgan fingerprint density at radius 2 is 1.42 bits per heavy atom. The molecule has 0 radical (unpaired) electrons. The van der Waals surface area contributed by atoms with Gasteiger partial charge in [-0.15, -0.1) is 0 Å². The third-order valence-corrected chi connectivity index (χ3v) is 2.53. The minimum Gasteiger partial charge on any atom is -0.465 e. The monoisotopic (exact) mass is 288 g/mol. The Labute approximate surface area is 110 Å². The van der Waals surface area contributed by atoms with E-state index in [4.69, 9.17) is 0 Å². The Morgan fingerprint density at radius 3 is 1.74 bits per heavy atom. The highest BCUT2D eigenvalue weighted by molar-refractivity contribution is 7.86. The van der Waals surface area contributed by atoms with E-state index in [1.807, 2.05) is 0 Å². The lowest BCUT2D eigenvalue weighted by Gasteiger charge is -2.11. The topological polar surface area (TPSA) is 96.0 Å². The van der Waals surface area contributed by atoms with Gasteiger partial charge in [-0.2, -0.15) is 8.42 Å². The van der Waals surface area contributed by atoms with E-state index in [2.05, 4.69) is 13.7 Å². The van der Waals surface area contributed by atoms with Crippen molar-refractivity contribution in [2.24, 2.45) is 0 Å². The van der Waals surface area contributed by atoms with Gasteiger partial charge in [0.05, 0.1) is 20.5 Å². The summed E-state index contributed by atoms with van der Waals surface area (Å²) in [5.41, 5.74) is -0.369. The molecule has 0 saturated heterocycles. The molecule has 0 spiro atoms. The maximum absolute atomic E-state index is 11.5. The Bertz CT molecular complexity index is 569. The summed E-state index contributed by atoms with van der Waals surface area (Å²) in [4.78, 5) is 23.1. The smallest absolute Gasteiger partial charge is 0.341 e. The number of hydrogen-bond donors (Lipinski definition) is 0. The van der Waals surface area contributed by atoms with Gasteiger partial charge in [0.25, 0.3) is 0 Å². The van der Waals surface area contributed by atoms with E-state index >= 15 is 0 Å². The molecule has 0 aliphatic carbocycles. The SMILES string of the molecule is COC(=O)c1cccc(C(=O)OC)c1OS(C)(=O)=O. The number of para-hydroxylation sites is 1. The van der Waals surface area contributed by atoms with Crippen molar-refractivity contribution in [1.82, 2.24) is 0 Å². The summed E-state index contributed by atoms with van der Waals surface area (Å²) < 4.78 is 36.1. The van der Waals surface area contributed by atoms with Crippen molar-refractivity contribution in [2.75, 3.05) is 20.5 Å². The van der Waals surface area contributed by atoms with Crippen LogP contribution in [-0.4, -0.2) is 40.8 Å². The zero-order chi connectivity index (χ0) is 14.6. The molecule has 1 aromatic rings. The van der Waals surface area contributed by atoms with Gasteiger partial charge in [-0.05, 0) is 12.1 Å². The Balaban J connectivity index is 3.49. The standard InChI is InChI=1S/C11H12O7S/c1-16-10(12)7-5-4-6-8(11(13)17-2)9(7)18-19(3,14)15/h4-6H,1-3H3. The van der Waals surface area contributed by atoms with Gasteiger partial charge in [-0.3, -0.25) is 0 Å². The summed E-state index contributed by atoms with van der Waals surface area (Å²) in [6.45, 7) is 0. The minimum atomic E-state index is -3.92. The number of carbonyl (C=O) groups is 2. The molecule has 8 heteroatoms. The highest BCUT2D eigenvalue weighted by Gasteiger charge is 2.24. The molecule has 7 nitrogen and oxygen atoms in total. The summed E-state index contributed by atoms with van der Waals surface area (Å²) in [6.07, 6.45) is 0.794. The van der Waals surface area contributed by atoms with Crippen molar-refractivity contribution in [3.8, 4) is 5.75 Å². The summed E-state index contributed by atoms with van der Waals surface area (Å²) >= 11 is 0. The molecule has 0 N–H and O–H groups in total. The fraction of sp³-hybridized carbons (Fsp3) is 0.273. The molecule has 0 amide bonds. The van der Waals surface area contributed by atoms with Gasteiger partial charge in [0, 0.05) is 0 Å². The second-order valence-electron chi connectivity index (χ2n) is 3.45. The zero-order valence-corrected chi connectivity index (χ0v) is 11.3. The molecule has 0 unspecified atom stereocenters. The van der Waals surface area contributed by atoms with Gasteiger partial charge in [0.1, 0.15) is 11.1 Å². The first-order valence-electron chi connectivity index (χ1n) is 4.99. The Hall–Kier alpha value is -2.09. The molecule has 1 aromatic carbocycles. The van der Waals surface area contributed by atoms with Crippen molar-refractivity contribution in [1.29, 1.82) is 0 Å². The van der Waals surface area contributed by atoms with E-state index in [1.54, 1.807) is 0 Å². The van der Waals surface area contributed by atoms with Crippen LogP contribution in [0.4, 0.5) is 0 Å². The first-order chi connectivity index (χ1) is 8.80. The van der Waals surface area contributed by atoms with Crippen LogP contribution < -0.4 is 4.18 Å². The lowest BCUT2D eigenvalue weighted by atomic mass is 10.1. The fourth-order valence-electron chi connectivity index (χ4n) is 1.32. The number of esters is 2. The fourth-order valence-corrected chi connectivity index (χ4v) is 1.80. The summed E-state index contributed by atoms with van der Waals surface area (Å²) in [5, 5.41) is 0. The Morgan fingerprint density at radius 1 is 1.00 bits per heavy atom. The minimum absolute atomic E-state index is 0.184. The number of benzene rings is 1. The average Bonchev–Trinajstić information content (AvgIpc) is 2.35. The predicted octanol–water partition coefficient (Wildman–Crippen LogP) is 0.598. The average molecular weight is 288 g/mol. The summed E-state index contributed by atoms with van der Waals surface area (Å²) in [5.74, 6) is -2.07. The third-order valence-electron chi connectivity index (χ3n) is 2.06. The number of hydrogen-bond acceptors (Lipinski definition) is 7. The van der Waals surface area contributed by atoms with Gasteiger partial charge >= 0.3 is 22.1 Å². The van der Waals surface area contributed by atoms with Crippen molar-refractivity contribution < 1.29 is 31.7 Å². The van der Waals surface area contributed by atoms with E-state index in [-0.39, 0.29) is 11.1 Å². The van der Waals surface area contributed by atoms with Gasteiger partial charge in [-0.25, -0.2) is 9.59 Å². The van der Waals surface area contributed by atoms with E-state index < -0.39 is 27.8 Å². The molecule has 0 aliphatic heterocycles. The predicted molar refractivity (Wildman–Crippen MR) is 64.6 cm³/mol. The lowest BCUT2D eigenvalue weighted by molar-refractivity contribution is 0.0595. The van der Waals surface area contributed by atoms with Crippen LogP contribution in [0, 0.1) is 0 Å². The number of carbonyl (C=O) groups excluding carboxylic acids is 2. The van der Waals surface area contributed by atoms with Gasteiger partial charge < -0.3 is 13.7 Å². The number of rotatable bonds is 4. The number of methoxy groups -OCH3 is 2. The van der Waals surface area contributed by atoms with Crippen LogP contribution in [0.25, 0.3) is 0 Å². The first-order valence-corrected chi connectivity index (χ1v) is 6.81. The van der Waals surface area contributed by atoms with E-state index in [9.17, 15) is 18.0 Å². The molecule has 104 valence electrons. The van der Waals surface area contributed by atoms with E-state index in [0.717, 1.165) is 20.5 Å². The van der Waals surface area contributed by atoms with Crippen LogP contribution in [-0.2, 0) is 19.6 Å². The third kappa shape index (κ3) is 3.68.